The molecule has 0 aliphatic rings. The number of para-hydroxylation sites is 1. The van der Waals surface area contributed by atoms with E-state index in [4.69, 9.17) is 0 Å². The van der Waals surface area contributed by atoms with Crippen molar-refractivity contribution in [2.24, 2.45) is 5.92 Å². The lowest BCUT2D eigenvalue weighted by atomic mass is 10.1. The molecule has 0 bridgehead atoms. The zero-order chi connectivity index (χ0) is 28.2. The van der Waals surface area contributed by atoms with Gasteiger partial charge in [-0.3, -0.25) is 9.36 Å². The fourth-order valence-corrected chi connectivity index (χ4v) is 3.44. The molecule has 0 saturated heterocycles. The number of nitrogens with one attached hydrogen (secondary N) is 1. The summed E-state index contributed by atoms with van der Waals surface area (Å²) >= 11 is 3.79. The third kappa shape index (κ3) is 13.4. The molecule has 0 spiro atoms. The predicted octanol–water partition coefficient (Wildman–Crippen LogP) is 7.45. The fraction of sp³-hybridized carbons (Fsp3) is 0.387. The molecule has 7 heteroatoms. The van der Waals surface area contributed by atoms with Crippen LogP contribution in [0, 0.1) is 18.7 Å². The number of hydrogen-bond acceptors (Lipinski definition) is 4. The van der Waals surface area contributed by atoms with Crippen molar-refractivity contribution in [3.63, 3.8) is 0 Å². The van der Waals surface area contributed by atoms with Crippen molar-refractivity contribution >= 4 is 18.5 Å². The van der Waals surface area contributed by atoms with Crippen molar-refractivity contribution in [1.29, 1.82) is 0 Å². The first-order valence-electron chi connectivity index (χ1n) is 13.2. The van der Waals surface area contributed by atoms with E-state index in [1.807, 2.05) is 56.3 Å². The van der Waals surface area contributed by atoms with E-state index in [2.05, 4.69) is 52.8 Å². The zero-order valence-corrected chi connectivity index (χ0v) is 24.0. The van der Waals surface area contributed by atoms with E-state index >= 15 is 0 Å². The Morgan fingerprint density at radius 1 is 1.11 bits per heavy atom. The van der Waals surface area contributed by atoms with E-state index in [1.54, 1.807) is 12.1 Å². The van der Waals surface area contributed by atoms with Crippen LogP contribution in [0.5, 0.6) is 0 Å². The van der Waals surface area contributed by atoms with E-state index in [1.165, 1.54) is 18.6 Å². The van der Waals surface area contributed by atoms with E-state index in [0.717, 1.165) is 54.3 Å². The number of hydrogen-bond donors (Lipinski definition) is 2. The van der Waals surface area contributed by atoms with Crippen LogP contribution in [-0.4, -0.2) is 26.4 Å². The number of unbranched alkanes of at least 4 members (excludes halogenated alkanes) is 1. The quantitative estimate of drug-likeness (QED) is 0.143. The number of rotatable bonds is 12. The standard InChI is InChI=1S/C21H23FN4O.C8H14.C2H6S/c1-16-24-25-20(26(16)19-7-3-2-4-8-19)9-5-6-10-21(27)23-15-17-11-13-18(22)14-12-17;1-4-6-7-8(3)5-2;1-2-3/h2-4,7-8,11-14H,5-6,9-10,15H2,1H3,(H,23,27);4-5,8H,1-2,6-7H2,3H3;3H,2H2,1H3. The molecule has 206 valence electrons. The van der Waals surface area contributed by atoms with Crippen LogP contribution in [0.4, 0.5) is 4.39 Å². The molecule has 38 heavy (non-hydrogen) atoms. The van der Waals surface area contributed by atoms with Crippen molar-refractivity contribution in [1.82, 2.24) is 20.1 Å². The van der Waals surface area contributed by atoms with Crippen molar-refractivity contribution in [2.45, 2.75) is 65.8 Å². The van der Waals surface area contributed by atoms with Gasteiger partial charge < -0.3 is 5.32 Å². The fourth-order valence-electron chi connectivity index (χ4n) is 3.44. The molecule has 1 atom stereocenters. The van der Waals surface area contributed by atoms with Gasteiger partial charge in [-0.25, -0.2) is 4.39 Å². The number of amides is 1. The average molecular weight is 539 g/mol. The highest BCUT2D eigenvalue weighted by Crippen LogP contribution is 2.14. The topological polar surface area (TPSA) is 59.8 Å². The van der Waals surface area contributed by atoms with Crippen LogP contribution in [-0.2, 0) is 17.8 Å². The Kier molecular flexibility index (Phi) is 17.2. The van der Waals surface area contributed by atoms with Crippen molar-refractivity contribution in [2.75, 3.05) is 5.75 Å². The van der Waals surface area contributed by atoms with Gasteiger partial charge in [-0.2, -0.15) is 12.6 Å². The van der Waals surface area contributed by atoms with Crippen molar-refractivity contribution in [3.8, 4) is 5.69 Å². The predicted molar refractivity (Wildman–Crippen MR) is 160 cm³/mol. The summed E-state index contributed by atoms with van der Waals surface area (Å²) in [5.41, 5.74) is 1.93. The second-order valence-corrected chi connectivity index (χ2v) is 9.47. The van der Waals surface area contributed by atoms with Gasteiger partial charge in [0.1, 0.15) is 17.5 Å². The van der Waals surface area contributed by atoms with E-state index in [-0.39, 0.29) is 11.7 Å². The summed E-state index contributed by atoms with van der Waals surface area (Å²) in [6.07, 6.45) is 9.06. The van der Waals surface area contributed by atoms with Crippen LogP contribution in [0.25, 0.3) is 5.69 Å². The van der Waals surface area contributed by atoms with Crippen LogP contribution >= 0.6 is 12.6 Å². The Morgan fingerprint density at radius 3 is 2.37 bits per heavy atom. The molecule has 0 radical (unpaired) electrons. The highest BCUT2D eigenvalue weighted by atomic mass is 32.1. The molecule has 3 aromatic rings. The van der Waals surface area contributed by atoms with E-state index < -0.39 is 0 Å². The minimum atomic E-state index is -0.274. The molecule has 2 aromatic carbocycles. The van der Waals surface area contributed by atoms with Crippen molar-refractivity contribution in [3.05, 3.63) is 103 Å². The van der Waals surface area contributed by atoms with Crippen LogP contribution in [0.2, 0.25) is 0 Å². The second kappa shape index (κ2) is 19.9. The largest absolute Gasteiger partial charge is 0.352 e. The minimum absolute atomic E-state index is 0.0000294. The highest BCUT2D eigenvalue weighted by molar-refractivity contribution is 7.80. The molecule has 5 nitrogen and oxygen atoms in total. The average Bonchev–Trinajstić information content (AvgIpc) is 3.30. The zero-order valence-electron chi connectivity index (χ0n) is 23.1. The third-order valence-corrected chi connectivity index (χ3v) is 5.59. The molecular formula is C31H43FN4OS. The Hall–Kier alpha value is -3.19. The van der Waals surface area contributed by atoms with Gasteiger partial charge in [0.05, 0.1) is 0 Å². The summed E-state index contributed by atoms with van der Waals surface area (Å²) < 4.78 is 14.9. The van der Waals surface area contributed by atoms with Gasteiger partial charge in [0.25, 0.3) is 0 Å². The second-order valence-electron chi connectivity index (χ2n) is 8.84. The van der Waals surface area contributed by atoms with Crippen LogP contribution in [0.1, 0.15) is 63.2 Å². The number of carbonyl (C=O) groups is 1. The Morgan fingerprint density at radius 2 is 1.76 bits per heavy atom. The lowest BCUT2D eigenvalue weighted by molar-refractivity contribution is -0.121. The molecule has 0 fully saturated rings. The molecule has 0 saturated carbocycles. The highest BCUT2D eigenvalue weighted by Gasteiger charge is 2.10. The first kappa shape index (κ1) is 32.8. The first-order chi connectivity index (χ1) is 18.4. The first-order valence-corrected chi connectivity index (χ1v) is 13.8. The molecule has 1 N–H and O–H groups in total. The molecule has 0 aliphatic carbocycles. The molecule has 0 aliphatic heterocycles. The lowest BCUT2D eigenvalue weighted by Gasteiger charge is -2.08. The number of allylic oxidation sites excluding steroid dienone is 2. The number of thiol groups is 1. The van der Waals surface area contributed by atoms with Gasteiger partial charge >= 0.3 is 0 Å². The number of halogens is 1. The molecule has 1 unspecified atom stereocenters. The van der Waals surface area contributed by atoms with E-state index in [9.17, 15) is 9.18 Å². The smallest absolute Gasteiger partial charge is 0.220 e. The Labute approximate surface area is 233 Å². The van der Waals surface area contributed by atoms with Gasteiger partial charge in [-0.05, 0) is 74.1 Å². The molecular weight excluding hydrogens is 495 g/mol. The summed E-state index contributed by atoms with van der Waals surface area (Å²) in [5.74, 6) is 3.08. The van der Waals surface area contributed by atoms with Gasteiger partial charge in [-0.15, -0.1) is 23.4 Å². The maximum atomic E-state index is 12.9. The Bertz CT molecular complexity index is 1070. The monoisotopic (exact) mass is 538 g/mol. The summed E-state index contributed by atoms with van der Waals surface area (Å²) in [6, 6.07) is 16.2. The third-order valence-electron chi connectivity index (χ3n) is 5.59. The summed E-state index contributed by atoms with van der Waals surface area (Å²) in [7, 11) is 0. The summed E-state index contributed by atoms with van der Waals surface area (Å²) in [6.45, 7) is 13.8. The summed E-state index contributed by atoms with van der Waals surface area (Å²) in [5, 5.41) is 11.3. The van der Waals surface area contributed by atoms with Gasteiger partial charge in [0.2, 0.25) is 5.91 Å². The number of benzene rings is 2. The molecule has 1 amide bonds. The normalized spacial score (nSPS) is 10.8. The minimum Gasteiger partial charge on any atom is -0.352 e. The number of aromatic nitrogens is 3. The molecule has 1 heterocycles. The maximum absolute atomic E-state index is 12.9. The van der Waals surface area contributed by atoms with Gasteiger partial charge in [0.15, 0.2) is 0 Å². The maximum Gasteiger partial charge on any atom is 0.220 e. The van der Waals surface area contributed by atoms with Crippen LogP contribution in [0.3, 0.4) is 0 Å². The SMILES string of the molecule is C=CCCC(C)C=C.CCS.Cc1nnc(CCCCC(=O)NCc2ccc(F)cc2)n1-c1ccccc1. The number of nitrogens with zero attached hydrogens (tertiary/aromatic N) is 3. The summed E-state index contributed by atoms with van der Waals surface area (Å²) in [4.78, 5) is 12.0. The van der Waals surface area contributed by atoms with Gasteiger partial charge in [0, 0.05) is 25.1 Å². The molecule has 1 aromatic heterocycles. The van der Waals surface area contributed by atoms with Crippen molar-refractivity contribution < 1.29 is 9.18 Å². The number of aryl methyl sites for hydroxylation is 2. The Balaban J connectivity index is 0.000000556. The molecule has 3 rings (SSSR count). The lowest BCUT2D eigenvalue weighted by Crippen LogP contribution is -2.22. The van der Waals surface area contributed by atoms with Gasteiger partial charge in [-0.1, -0.05) is 56.3 Å². The van der Waals surface area contributed by atoms with Crippen LogP contribution in [0.15, 0.2) is 79.9 Å². The van der Waals surface area contributed by atoms with E-state index in [0.29, 0.717) is 18.9 Å². The van der Waals surface area contributed by atoms with Crippen LogP contribution < -0.4 is 5.32 Å². The number of carbonyl (C=O) groups excluding carboxylic acids is 1.